The Morgan fingerprint density at radius 2 is 2.00 bits per heavy atom. The summed E-state index contributed by atoms with van der Waals surface area (Å²) in [4.78, 5) is 0. The van der Waals surface area contributed by atoms with E-state index in [0.29, 0.717) is 0 Å². The number of hydrogen-bond acceptors (Lipinski definition) is 2. The molecule has 1 aliphatic heterocycles. The maximum Gasteiger partial charge on any atom is 0.00471 e. The molecule has 12 heavy (non-hydrogen) atoms. The fourth-order valence-corrected chi connectivity index (χ4v) is 3.68. The Labute approximate surface area is 79.7 Å². The van der Waals surface area contributed by atoms with E-state index in [1.165, 1.54) is 50.9 Å². The number of nitrogens with one attached hydrogen (secondary N) is 1. The lowest BCUT2D eigenvalue weighted by Gasteiger charge is -2.12. The molecule has 0 aromatic heterocycles. The average Bonchev–Trinajstić information content (AvgIpc) is 2.74. The Morgan fingerprint density at radius 3 is 2.67 bits per heavy atom. The fourth-order valence-electron chi connectivity index (χ4n) is 2.18. The number of rotatable bonds is 3. The quantitative estimate of drug-likeness (QED) is 0.724. The first-order chi connectivity index (χ1) is 5.95. The summed E-state index contributed by atoms with van der Waals surface area (Å²) in [5, 5.41) is 4.45. The highest BCUT2D eigenvalue weighted by Gasteiger charge is 2.19. The van der Waals surface area contributed by atoms with E-state index in [4.69, 9.17) is 0 Å². The third-order valence-corrected chi connectivity index (χ3v) is 4.64. The average molecular weight is 185 g/mol. The maximum absolute atomic E-state index is 3.43. The summed E-state index contributed by atoms with van der Waals surface area (Å²) in [5.41, 5.74) is 0. The lowest BCUT2D eigenvalue weighted by molar-refractivity contribution is 0.660. The van der Waals surface area contributed by atoms with Gasteiger partial charge in [0.15, 0.2) is 0 Å². The van der Waals surface area contributed by atoms with Gasteiger partial charge in [-0.25, -0.2) is 0 Å². The van der Waals surface area contributed by atoms with Gasteiger partial charge in [0.25, 0.3) is 0 Å². The molecule has 2 heteroatoms. The molecule has 1 saturated heterocycles. The van der Waals surface area contributed by atoms with Crippen molar-refractivity contribution in [2.24, 2.45) is 5.92 Å². The Hall–Kier alpha value is 0.310. The van der Waals surface area contributed by atoms with Crippen LogP contribution in [0.5, 0.6) is 0 Å². The Kier molecular flexibility index (Phi) is 3.35. The SMILES string of the molecule is C1CCC(SCC2CCNC2)C1. The van der Waals surface area contributed by atoms with E-state index in [-0.39, 0.29) is 0 Å². The Morgan fingerprint density at radius 1 is 1.17 bits per heavy atom. The van der Waals surface area contributed by atoms with Gasteiger partial charge >= 0.3 is 0 Å². The minimum atomic E-state index is 0.982. The van der Waals surface area contributed by atoms with E-state index in [0.717, 1.165) is 11.2 Å². The molecule has 1 saturated carbocycles. The second kappa shape index (κ2) is 4.52. The van der Waals surface area contributed by atoms with Gasteiger partial charge in [-0.05, 0) is 44.0 Å². The zero-order valence-electron chi connectivity index (χ0n) is 7.72. The van der Waals surface area contributed by atoms with Crippen LogP contribution in [0.1, 0.15) is 32.1 Å². The first kappa shape index (κ1) is 8.89. The molecule has 0 bridgehead atoms. The van der Waals surface area contributed by atoms with Crippen LogP contribution >= 0.6 is 11.8 Å². The predicted octanol–water partition coefficient (Wildman–Crippen LogP) is 2.27. The van der Waals surface area contributed by atoms with E-state index in [1.54, 1.807) is 0 Å². The minimum Gasteiger partial charge on any atom is -0.316 e. The van der Waals surface area contributed by atoms with Gasteiger partial charge in [-0.1, -0.05) is 12.8 Å². The van der Waals surface area contributed by atoms with Crippen molar-refractivity contribution < 1.29 is 0 Å². The van der Waals surface area contributed by atoms with Crippen molar-refractivity contribution in [3.8, 4) is 0 Å². The minimum absolute atomic E-state index is 0.982. The van der Waals surface area contributed by atoms with Crippen LogP contribution in [-0.4, -0.2) is 24.1 Å². The van der Waals surface area contributed by atoms with Gasteiger partial charge < -0.3 is 5.32 Å². The number of hydrogen-bond donors (Lipinski definition) is 1. The van der Waals surface area contributed by atoms with Crippen LogP contribution in [0.3, 0.4) is 0 Å². The Balaban J connectivity index is 1.60. The van der Waals surface area contributed by atoms with Gasteiger partial charge in [-0.15, -0.1) is 0 Å². The van der Waals surface area contributed by atoms with Crippen LogP contribution in [0.25, 0.3) is 0 Å². The summed E-state index contributed by atoms with van der Waals surface area (Å²) >= 11 is 2.24. The third kappa shape index (κ3) is 2.40. The molecule has 0 aromatic rings. The van der Waals surface area contributed by atoms with Crippen LogP contribution in [0.4, 0.5) is 0 Å². The van der Waals surface area contributed by atoms with Crippen LogP contribution < -0.4 is 5.32 Å². The van der Waals surface area contributed by atoms with Crippen molar-refractivity contribution in [2.75, 3.05) is 18.8 Å². The third-order valence-electron chi connectivity index (χ3n) is 3.03. The summed E-state index contributed by atoms with van der Waals surface area (Å²) in [6.07, 6.45) is 7.37. The van der Waals surface area contributed by atoms with Crippen LogP contribution in [-0.2, 0) is 0 Å². The van der Waals surface area contributed by atoms with E-state index >= 15 is 0 Å². The molecule has 70 valence electrons. The molecular formula is C10H19NS. The topological polar surface area (TPSA) is 12.0 Å². The lowest BCUT2D eigenvalue weighted by atomic mass is 10.2. The van der Waals surface area contributed by atoms with Gasteiger partial charge in [0.1, 0.15) is 0 Å². The molecule has 0 radical (unpaired) electrons. The normalized spacial score (nSPS) is 31.5. The first-order valence-corrected chi connectivity index (χ1v) is 6.32. The standard InChI is InChI=1S/C10H19NS/c1-2-4-10(3-1)12-8-9-5-6-11-7-9/h9-11H,1-8H2. The summed E-state index contributed by atoms with van der Waals surface area (Å²) in [5.74, 6) is 2.40. The molecule has 0 spiro atoms. The van der Waals surface area contributed by atoms with E-state index < -0.39 is 0 Å². The van der Waals surface area contributed by atoms with Crippen molar-refractivity contribution in [3.05, 3.63) is 0 Å². The van der Waals surface area contributed by atoms with Gasteiger partial charge in [0.2, 0.25) is 0 Å². The first-order valence-electron chi connectivity index (χ1n) is 5.27. The van der Waals surface area contributed by atoms with Crippen molar-refractivity contribution in [1.82, 2.24) is 5.32 Å². The summed E-state index contributed by atoms with van der Waals surface area (Å²) in [7, 11) is 0. The maximum atomic E-state index is 3.43. The lowest BCUT2D eigenvalue weighted by Crippen LogP contribution is -2.11. The zero-order chi connectivity index (χ0) is 8.23. The van der Waals surface area contributed by atoms with Crippen LogP contribution in [0.15, 0.2) is 0 Å². The molecule has 1 nitrogen and oxygen atoms in total. The highest BCUT2D eigenvalue weighted by atomic mass is 32.2. The van der Waals surface area contributed by atoms with E-state index in [2.05, 4.69) is 17.1 Å². The van der Waals surface area contributed by atoms with Crippen molar-refractivity contribution in [3.63, 3.8) is 0 Å². The molecule has 1 N–H and O–H groups in total. The Bertz CT molecular complexity index is 110. The van der Waals surface area contributed by atoms with Crippen molar-refractivity contribution >= 4 is 11.8 Å². The summed E-state index contributed by atoms with van der Waals surface area (Å²) < 4.78 is 0. The number of thioether (sulfide) groups is 1. The molecule has 0 aromatic carbocycles. The molecule has 1 aliphatic carbocycles. The monoisotopic (exact) mass is 185 g/mol. The molecule has 2 rings (SSSR count). The molecule has 1 atom stereocenters. The highest BCUT2D eigenvalue weighted by Crippen LogP contribution is 2.31. The summed E-state index contributed by atoms with van der Waals surface area (Å²) in [6, 6.07) is 0. The molecule has 1 heterocycles. The highest BCUT2D eigenvalue weighted by molar-refractivity contribution is 7.99. The molecular weight excluding hydrogens is 166 g/mol. The molecule has 2 fully saturated rings. The second-order valence-electron chi connectivity index (χ2n) is 4.10. The molecule has 0 amide bonds. The second-order valence-corrected chi connectivity index (χ2v) is 5.43. The molecule has 1 unspecified atom stereocenters. The fraction of sp³-hybridized carbons (Fsp3) is 1.00. The van der Waals surface area contributed by atoms with E-state index in [1.807, 2.05) is 0 Å². The van der Waals surface area contributed by atoms with Crippen molar-refractivity contribution in [2.45, 2.75) is 37.4 Å². The van der Waals surface area contributed by atoms with Gasteiger partial charge in [-0.3, -0.25) is 0 Å². The van der Waals surface area contributed by atoms with Crippen LogP contribution in [0.2, 0.25) is 0 Å². The predicted molar refractivity (Wildman–Crippen MR) is 55.7 cm³/mol. The van der Waals surface area contributed by atoms with Crippen LogP contribution in [0, 0.1) is 5.92 Å². The zero-order valence-corrected chi connectivity index (χ0v) is 8.54. The van der Waals surface area contributed by atoms with Gasteiger partial charge in [-0.2, -0.15) is 11.8 Å². The van der Waals surface area contributed by atoms with Gasteiger partial charge in [0.05, 0.1) is 0 Å². The van der Waals surface area contributed by atoms with Crippen molar-refractivity contribution in [1.29, 1.82) is 0 Å². The summed E-state index contributed by atoms with van der Waals surface area (Å²) in [6.45, 7) is 2.54. The smallest absolute Gasteiger partial charge is 0.00471 e. The van der Waals surface area contributed by atoms with E-state index in [9.17, 15) is 0 Å². The molecule has 2 aliphatic rings. The van der Waals surface area contributed by atoms with Gasteiger partial charge in [0, 0.05) is 5.25 Å². The largest absolute Gasteiger partial charge is 0.316 e.